The standard InChI is InChI=1S/C15H23NO3/c1-12(11-17)6-5-9-16-10-13-7-3-4-8-14(13)15(18)19-2/h3-4,7-8,12,16-17H,5-6,9-11H2,1-2H3. The largest absolute Gasteiger partial charge is 0.465 e. The van der Waals surface area contributed by atoms with Crippen LogP contribution < -0.4 is 5.32 Å². The average Bonchev–Trinajstić information content (AvgIpc) is 2.46. The number of methoxy groups -OCH3 is 1. The third-order valence-corrected chi connectivity index (χ3v) is 3.10. The molecule has 0 saturated carbocycles. The van der Waals surface area contributed by atoms with Gasteiger partial charge in [0.05, 0.1) is 12.7 Å². The molecule has 0 aliphatic heterocycles. The summed E-state index contributed by atoms with van der Waals surface area (Å²) < 4.78 is 4.76. The number of hydrogen-bond acceptors (Lipinski definition) is 4. The lowest BCUT2D eigenvalue weighted by Gasteiger charge is -2.10. The third kappa shape index (κ3) is 5.41. The van der Waals surface area contributed by atoms with E-state index in [4.69, 9.17) is 9.84 Å². The Balaban J connectivity index is 2.39. The molecule has 2 N–H and O–H groups in total. The summed E-state index contributed by atoms with van der Waals surface area (Å²) in [5.41, 5.74) is 1.56. The van der Waals surface area contributed by atoms with Crippen molar-refractivity contribution in [2.45, 2.75) is 26.3 Å². The van der Waals surface area contributed by atoms with Gasteiger partial charge in [-0.05, 0) is 36.9 Å². The van der Waals surface area contributed by atoms with Gasteiger partial charge in [-0.1, -0.05) is 25.1 Å². The molecular formula is C15H23NO3. The lowest BCUT2D eigenvalue weighted by molar-refractivity contribution is 0.0599. The van der Waals surface area contributed by atoms with Crippen LogP contribution in [0.15, 0.2) is 24.3 Å². The molecule has 0 heterocycles. The Bertz CT molecular complexity index is 393. The molecule has 1 aromatic carbocycles. The molecule has 0 bridgehead atoms. The van der Waals surface area contributed by atoms with E-state index in [0.29, 0.717) is 18.0 Å². The SMILES string of the molecule is COC(=O)c1ccccc1CNCCCC(C)CO. The van der Waals surface area contributed by atoms with Gasteiger partial charge in [0, 0.05) is 13.2 Å². The summed E-state index contributed by atoms with van der Waals surface area (Å²) in [6.07, 6.45) is 2.02. The van der Waals surface area contributed by atoms with Crippen molar-refractivity contribution < 1.29 is 14.6 Å². The zero-order valence-corrected chi connectivity index (χ0v) is 11.7. The van der Waals surface area contributed by atoms with Crippen LogP contribution in [0.4, 0.5) is 0 Å². The minimum atomic E-state index is -0.300. The molecule has 4 nitrogen and oxygen atoms in total. The molecule has 0 fully saturated rings. The quantitative estimate of drug-likeness (QED) is 0.557. The molecule has 106 valence electrons. The van der Waals surface area contributed by atoms with Gasteiger partial charge in [0.25, 0.3) is 0 Å². The molecule has 1 rings (SSSR count). The number of carbonyl (C=O) groups excluding carboxylic acids is 1. The summed E-state index contributed by atoms with van der Waals surface area (Å²) in [4.78, 5) is 11.6. The van der Waals surface area contributed by atoms with E-state index in [1.165, 1.54) is 7.11 Å². The average molecular weight is 265 g/mol. The molecule has 0 radical (unpaired) electrons. The zero-order chi connectivity index (χ0) is 14.1. The van der Waals surface area contributed by atoms with Gasteiger partial charge in [0.2, 0.25) is 0 Å². The first-order chi connectivity index (χ1) is 9.19. The summed E-state index contributed by atoms with van der Waals surface area (Å²) in [5, 5.41) is 12.2. The minimum Gasteiger partial charge on any atom is -0.465 e. The highest BCUT2D eigenvalue weighted by Crippen LogP contribution is 2.10. The van der Waals surface area contributed by atoms with E-state index in [1.807, 2.05) is 25.1 Å². The smallest absolute Gasteiger partial charge is 0.338 e. The van der Waals surface area contributed by atoms with Gasteiger partial charge in [0.1, 0.15) is 0 Å². The Morgan fingerprint density at radius 2 is 2.16 bits per heavy atom. The number of rotatable bonds is 8. The van der Waals surface area contributed by atoms with Crippen LogP contribution >= 0.6 is 0 Å². The number of hydrogen-bond donors (Lipinski definition) is 2. The van der Waals surface area contributed by atoms with Crippen LogP contribution in [0.3, 0.4) is 0 Å². The van der Waals surface area contributed by atoms with Gasteiger partial charge in [-0.25, -0.2) is 4.79 Å². The van der Waals surface area contributed by atoms with Crippen LogP contribution in [0, 0.1) is 5.92 Å². The fraction of sp³-hybridized carbons (Fsp3) is 0.533. The molecule has 1 unspecified atom stereocenters. The summed E-state index contributed by atoms with van der Waals surface area (Å²) in [6.45, 7) is 3.80. The maximum Gasteiger partial charge on any atom is 0.338 e. The van der Waals surface area contributed by atoms with Gasteiger partial charge in [-0.15, -0.1) is 0 Å². The van der Waals surface area contributed by atoms with Crippen LogP contribution in [-0.4, -0.2) is 31.3 Å². The van der Waals surface area contributed by atoms with Crippen LogP contribution in [0.25, 0.3) is 0 Å². The fourth-order valence-corrected chi connectivity index (χ4v) is 1.87. The van der Waals surface area contributed by atoms with Crippen LogP contribution in [0.5, 0.6) is 0 Å². The van der Waals surface area contributed by atoms with E-state index in [-0.39, 0.29) is 12.6 Å². The number of ether oxygens (including phenoxy) is 1. The molecule has 19 heavy (non-hydrogen) atoms. The Morgan fingerprint density at radius 1 is 1.42 bits per heavy atom. The molecule has 0 spiro atoms. The van der Waals surface area contributed by atoms with E-state index in [2.05, 4.69) is 5.32 Å². The van der Waals surface area contributed by atoms with Crippen molar-refractivity contribution in [2.75, 3.05) is 20.3 Å². The fourth-order valence-electron chi connectivity index (χ4n) is 1.87. The van der Waals surface area contributed by atoms with Crippen molar-refractivity contribution in [1.29, 1.82) is 0 Å². The van der Waals surface area contributed by atoms with Crippen molar-refractivity contribution in [1.82, 2.24) is 5.32 Å². The van der Waals surface area contributed by atoms with E-state index in [0.717, 1.165) is 24.9 Å². The van der Waals surface area contributed by atoms with E-state index in [9.17, 15) is 4.79 Å². The van der Waals surface area contributed by atoms with Gasteiger partial charge >= 0.3 is 5.97 Å². The molecule has 4 heteroatoms. The molecule has 1 aromatic rings. The lowest BCUT2D eigenvalue weighted by Crippen LogP contribution is -2.18. The Hall–Kier alpha value is -1.39. The molecule has 0 saturated heterocycles. The highest BCUT2D eigenvalue weighted by atomic mass is 16.5. The molecular weight excluding hydrogens is 242 g/mol. The molecule has 0 aliphatic carbocycles. The molecule has 0 amide bonds. The van der Waals surface area contributed by atoms with E-state index in [1.54, 1.807) is 6.07 Å². The zero-order valence-electron chi connectivity index (χ0n) is 11.7. The first-order valence-corrected chi connectivity index (χ1v) is 6.66. The Labute approximate surface area is 114 Å². The van der Waals surface area contributed by atoms with Crippen molar-refractivity contribution in [3.8, 4) is 0 Å². The van der Waals surface area contributed by atoms with Crippen molar-refractivity contribution >= 4 is 5.97 Å². The topological polar surface area (TPSA) is 58.6 Å². The maximum absolute atomic E-state index is 11.6. The monoisotopic (exact) mass is 265 g/mol. The number of benzene rings is 1. The van der Waals surface area contributed by atoms with Gasteiger partial charge in [-0.3, -0.25) is 0 Å². The summed E-state index contributed by atoms with van der Waals surface area (Å²) in [7, 11) is 1.39. The Morgan fingerprint density at radius 3 is 2.84 bits per heavy atom. The number of carbonyl (C=O) groups is 1. The highest BCUT2D eigenvalue weighted by molar-refractivity contribution is 5.90. The molecule has 0 aromatic heterocycles. The number of nitrogens with one attached hydrogen (secondary N) is 1. The normalized spacial score (nSPS) is 12.2. The highest BCUT2D eigenvalue weighted by Gasteiger charge is 2.10. The minimum absolute atomic E-state index is 0.241. The number of esters is 1. The first kappa shape index (κ1) is 15.7. The van der Waals surface area contributed by atoms with Crippen molar-refractivity contribution in [3.63, 3.8) is 0 Å². The van der Waals surface area contributed by atoms with Gasteiger partial charge < -0.3 is 15.2 Å². The lowest BCUT2D eigenvalue weighted by atomic mass is 10.1. The summed E-state index contributed by atoms with van der Waals surface area (Å²) >= 11 is 0. The van der Waals surface area contributed by atoms with E-state index < -0.39 is 0 Å². The predicted molar refractivity (Wildman–Crippen MR) is 75.0 cm³/mol. The second kappa shape index (κ2) is 8.67. The van der Waals surface area contributed by atoms with Crippen molar-refractivity contribution in [3.05, 3.63) is 35.4 Å². The summed E-state index contributed by atoms with van der Waals surface area (Å²) in [5.74, 6) is 0.0514. The first-order valence-electron chi connectivity index (χ1n) is 6.66. The van der Waals surface area contributed by atoms with E-state index >= 15 is 0 Å². The predicted octanol–water partition coefficient (Wildman–Crippen LogP) is 1.97. The van der Waals surface area contributed by atoms with Crippen molar-refractivity contribution in [2.24, 2.45) is 5.92 Å². The second-order valence-corrected chi connectivity index (χ2v) is 4.76. The number of aliphatic hydroxyl groups is 1. The summed E-state index contributed by atoms with van der Waals surface area (Å²) in [6, 6.07) is 7.45. The third-order valence-electron chi connectivity index (χ3n) is 3.10. The Kier molecular flexibility index (Phi) is 7.15. The van der Waals surface area contributed by atoms with Crippen LogP contribution in [-0.2, 0) is 11.3 Å². The van der Waals surface area contributed by atoms with Crippen LogP contribution in [0.2, 0.25) is 0 Å². The van der Waals surface area contributed by atoms with Gasteiger partial charge in [0.15, 0.2) is 0 Å². The maximum atomic E-state index is 11.6. The second-order valence-electron chi connectivity index (χ2n) is 4.76. The molecule has 1 atom stereocenters. The van der Waals surface area contributed by atoms with Gasteiger partial charge in [-0.2, -0.15) is 0 Å². The number of aliphatic hydroxyl groups excluding tert-OH is 1. The molecule has 0 aliphatic rings. The van der Waals surface area contributed by atoms with Crippen LogP contribution in [0.1, 0.15) is 35.7 Å².